The minimum atomic E-state index is -3.58. The standard InChI is InChI=1S/C23H47N2O4P/c1-5-9-10-11-12-13-14-15-16-17-18-25-20-19-24(8-4)23(25)29-30(26,27-21-6-2)28-22-7-3/h19-20,23H,5-18,21-22H2,1-4H3. The molecule has 0 saturated carbocycles. The van der Waals surface area contributed by atoms with Crippen LogP contribution in [0.25, 0.3) is 0 Å². The van der Waals surface area contributed by atoms with Crippen LogP contribution in [-0.4, -0.2) is 42.5 Å². The predicted molar refractivity (Wildman–Crippen MR) is 125 cm³/mol. The summed E-state index contributed by atoms with van der Waals surface area (Å²) in [6, 6.07) is 0. The maximum absolute atomic E-state index is 13.1. The molecule has 0 aromatic rings. The molecule has 1 aliphatic rings. The molecular weight excluding hydrogens is 399 g/mol. The summed E-state index contributed by atoms with van der Waals surface area (Å²) in [4.78, 5) is 4.15. The van der Waals surface area contributed by atoms with Gasteiger partial charge in [-0.3, -0.25) is 9.05 Å². The van der Waals surface area contributed by atoms with Crippen molar-refractivity contribution in [3.05, 3.63) is 12.4 Å². The molecule has 30 heavy (non-hydrogen) atoms. The van der Waals surface area contributed by atoms with E-state index in [1.807, 2.05) is 31.1 Å². The summed E-state index contributed by atoms with van der Waals surface area (Å²) >= 11 is 0. The Bertz CT molecular complexity index is 478. The van der Waals surface area contributed by atoms with E-state index in [-0.39, 0.29) is 0 Å². The van der Waals surface area contributed by atoms with Gasteiger partial charge < -0.3 is 9.80 Å². The van der Waals surface area contributed by atoms with Crippen molar-refractivity contribution in [1.29, 1.82) is 0 Å². The molecule has 0 saturated heterocycles. The van der Waals surface area contributed by atoms with Gasteiger partial charge in [0, 0.05) is 25.5 Å². The zero-order chi connectivity index (χ0) is 22.1. The van der Waals surface area contributed by atoms with Gasteiger partial charge in [0.25, 0.3) is 0 Å². The Morgan fingerprint density at radius 1 is 0.700 bits per heavy atom. The van der Waals surface area contributed by atoms with Crippen molar-refractivity contribution < 1.29 is 18.1 Å². The molecule has 7 heteroatoms. The molecule has 0 radical (unpaired) electrons. The van der Waals surface area contributed by atoms with Crippen LogP contribution in [0.3, 0.4) is 0 Å². The third-order valence-corrected chi connectivity index (χ3v) is 6.73. The van der Waals surface area contributed by atoms with E-state index in [0.29, 0.717) is 13.2 Å². The van der Waals surface area contributed by atoms with Crippen LogP contribution in [0.4, 0.5) is 0 Å². The molecule has 0 fully saturated rings. The van der Waals surface area contributed by atoms with Crippen LogP contribution in [0.15, 0.2) is 12.4 Å². The third-order valence-electron chi connectivity index (χ3n) is 5.28. The monoisotopic (exact) mass is 446 g/mol. The lowest BCUT2D eigenvalue weighted by atomic mass is 10.1. The molecule has 6 nitrogen and oxygen atoms in total. The Labute approximate surface area is 185 Å². The van der Waals surface area contributed by atoms with Gasteiger partial charge in [-0.25, -0.2) is 9.09 Å². The molecule has 0 bridgehead atoms. The molecule has 178 valence electrons. The molecule has 0 aromatic heterocycles. The zero-order valence-corrected chi connectivity index (χ0v) is 20.9. The highest BCUT2D eigenvalue weighted by atomic mass is 31.2. The Balaban J connectivity index is 2.39. The van der Waals surface area contributed by atoms with Gasteiger partial charge in [-0.1, -0.05) is 78.6 Å². The van der Waals surface area contributed by atoms with Gasteiger partial charge in [0.15, 0.2) is 0 Å². The van der Waals surface area contributed by atoms with Crippen LogP contribution < -0.4 is 0 Å². The Hall–Kier alpha value is -0.550. The fourth-order valence-electron chi connectivity index (χ4n) is 3.48. The molecule has 1 unspecified atom stereocenters. The molecule has 0 aromatic carbocycles. The van der Waals surface area contributed by atoms with Crippen LogP contribution in [0.5, 0.6) is 0 Å². The molecule has 0 aliphatic carbocycles. The number of phosphoric acid groups is 1. The van der Waals surface area contributed by atoms with Crippen LogP contribution in [0, 0.1) is 0 Å². The van der Waals surface area contributed by atoms with Crippen LogP contribution >= 0.6 is 7.82 Å². The van der Waals surface area contributed by atoms with Crippen molar-refractivity contribution in [2.24, 2.45) is 0 Å². The normalized spacial score (nSPS) is 16.7. The van der Waals surface area contributed by atoms with Crippen molar-refractivity contribution in [3.63, 3.8) is 0 Å². The lowest BCUT2D eigenvalue weighted by Gasteiger charge is -2.33. The Morgan fingerprint density at radius 2 is 1.20 bits per heavy atom. The molecule has 1 atom stereocenters. The number of nitrogens with zero attached hydrogens (tertiary/aromatic N) is 2. The first-order chi connectivity index (χ1) is 14.6. The van der Waals surface area contributed by atoms with Gasteiger partial charge in [-0.05, 0) is 26.2 Å². The second-order valence-corrected chi connectivity index (χ2v) is 9.72. The topological polar surface area (TPSA) is 51.2 Å². The van der Waals surface area contributed by atoms with Crippen molar-refractivity contribution in [2.45, 2.75) is 111 Å². The smallest absolute Gasteiger partial charge is 0.334 e. The minimum absolute atomic E-state index is 0.367. The first-order valence-electron chi connectivity index (χ1n) is 12.4. The van der Waals surface area contributed by atoms with Gasteiger partial charge in [0.2, 0.25) is 6.35 Å². The van der Waals surface area contributed by atoms with E-state index in [0.717, 1.165) is 32.4 Å². The van der Waals surface area contributed by atoms with E-state index in [2.05, 4.69) is 18.7 Å². The van der Waals surface area contributed by atoms with E-state index in [4.69, 9.17) is 13.6 Å². The van der Waals surface area contributed by atoms with Crippen molar-refractivity contribution >= 4 is 7.82 Å². The molecule has 0 spiro atoms. The maximum Gasteiger partial charge on any atom is 0.478 e. The SMILES string of the molecule is CCCCCCCCCCCCN1C=CN(CC)C1OP(=O)(OCCC)OCCC. The van der Waals surface area contributed by atoms with E-state index in [1.165, 1.54) is 57.8 Å². The van der Waals surface area contributed by atoms with Gasteiger partial charge in [0.05, 0.1) is 13.2 Å². The summed E-state index contributed by atoms with van der Waals surface area (Å²) in [5, 5.41) is 0. The Kier molecular flexibility index (Phi) is 15.6. The van der Waals surface area contributed by atoms with E-state index >= 15 is 0 Å². The summed E-state index contributed by atoms with van der Waals surface area (Å²) in [5.74, 6) is 0. The van der Waals surface area contributed by atoms with Crippen molar-refractivity contribution in [1.82, 2.24) is 9.80 Å². The molecule has 0 N–H and O–H groups in total. The van der Waals surface area contributed by atoms with E-state index < -0.39 is 14.2 Å². The van der Waals surface area contributed by atoms with E-state index in [9.17, 15) is 4.57 Å². The van der Waals surface area contributed by atoms with Crippen LogP contribution in [0.2, 0.25) is 0 Å². The molecule has 1 rings (SSSR count). The number of rotatable bonds is 20. The second-order valence-electron chi connectivity index (χ2n) is 8.09. The number of phosphoric ester groups is 1. The zero-order valence-electron chi connectivity index (χ0n) is 20.0. The Morgan fingerprint density at radius 3 is 1.70 bits per heavy atom. The highest BCUT2D eigenvalue weighted by Crippen LogP contribution is 2.52. The predicted octanol–water partition coefficient (Wildman–Crippen LogP) is 7.28. The first-order valence-corrected chi connectivity index (χ1v) is 13.8. The summed E-state index contributed by atoms with van der Waals surface area (Å²) in [6.45, 7) is 10.7. The molecule has 0 amide bonds. The van der Waals surface area contributed by atoms with Crippen LogP contribution in [0.1, 0.15) is 105 Å². The lowest BCUT2D eigenvalue weighted by molar-refractivity contribution is -0.0534. The second kappa shape index (κ2) is 17.1. The summed E-state index contributed by atoms with van der Waals surface area (Å²) in [7, 11) is -3.58. The number of hydrogen-bond acceptors (Lipinski definition) is 6. The molecular formula is C23H47N2O4P. The maximum atomic E-state index is 13.1. The quantitative estimate of drug-likeness (QED) is 0.145. The summed E-state index contributed by atoms with van der Waals surface area (Å²) < 4.78 is 30.1. The fourth-order valence-corrected chi connectivity index (χ4v) is 4.96. The first kappa shape index (κ1) is 27.5. The van der Waals surface area contributed by atoms with Gasteiger partial charge in [0.1, 0.15) is 0 Å². The van der Waals surface area contributed by atoms with Crippen molar-refractivity contribution in [2.75, 3.05) is 26.3 Å². The fraction of sp³-hybridized carbons (Fsp3) is 0.913. The highest BCUT2D eigenvalue weighted by molar-refractivity contribution is 7.48. The minimum Gasteiger partial charge on any atom is -0.334 e. The summed E-state index contributed by atoms with van der Waals surface area (Å²) in [5.41, 5.74) is 0. The third kappa shape index (κ3) is 11.2. The number of unbranched alkanes of at least 4 members (excludes halogenated alkanes) is 9. The largest absolute Gasteiger partial charge is 0.478 e. The van der Waals surface area contributed by atoms with Crippen molar-refractivity contribution in [3.8, 4) is 0 Å². The average Bonchev–Trinajstić information content (AvgIpc) is 3.13. The molecule has 1 aliphatic heterocycles. The van der Waals surface area contributed by atoms with Gasteiger partial charge in [-0.15, -0.1) is 0 Å². The lowest BCUT2D eigenvalue weighted by Crippen LogP contribution is -2.40. The van der Waals surface area contributed by atoms with Crippen LogP contribution in [-0.2, 0) is 18.1 Å². The number of hydrogen-bond donors (Lipinski definition) is 0. The van der Waals surface area contributed by atoms with E-state index in [1.54, 1.807) is 0 Å². The highest BCUT2D eigenvalue weighted by Gasteiger charge is 2.36. The van der Waals surface area contributed by atoms with Gasteiger partial charge >= 0.3 is 7.82 Å². The average molecular weight is 447 g/mol. The molecule has 1 heterocycles. The summed E-state index contributed by atoms with van der Waals surface area (Å²) in [6.07, 6.45) is 18.3. The van der Waals surface area contributed by atoms with Gasteiger partial charge in [-0.2, -0.15) is 0 Å².